The summed E-state index contributed by atoms with van der Waals surface area (Å²) in [6.45, 7) is -0.543. The second-order valence-electron chi connectivity index (χ2n) is 3.48. The van der Waals surface area contributed by atoms with Crippen molar-refractivity contribution in [3.05, 3.63) is 23.8 Å². The van der Waals surface area contributed by atoms with Crippen molar-refractivity contribution in [3.63, 3.8) is 0 Å². The second-order valence-corrected chi connectivity index (χ2v) is 3.48. The normalized spacial score (nSPS) is 11.1. The molecule has 0 aromatic heterocycles. The van der Waals surface area contributed by atoms with E-state index in [0.29, 0.717) is 0 Å². The Hall–Kier alpha value is -1.92. The van der Waals surface area contributed by atoms with Crippen LogP contribution in [0.5, 0.6) is 11.5 Å². The molecule has 0 aliphatic carbocycles. The molecule has 0 bridgehead atoms. The van der Waals surface area contributed by atoms with Gasteiger partial charge < -0.3 is 15.2 Å². The fraction of sp³-hybridized carbons (Fsp3) is 0.364. The SMILES string of the molecule is COc1cccc(C(=O)NCCC(F)(F)F)c1O. The van der Waals surface area contributed by atoms with Crippen molar-refractivity contribution in [1.82, 2.24) is 5.32 Å². The van der Waals surface area contributed by atoms with Gasteiger partial charge in [0.25, 0.3) is 5.91 Å². The number of benzene rings is 1. The molecule has 0 saturated heterocycles. The predicted molar refractivity (Wildman–Crippen MR) is 57.7 cm³/mol. The highest BCUT2D eigenvalue weighted by Gasteiger charge is 2.26. The van der Waals surface area contributed by atoms with Gasteiger partial charge in [-0.05, 0) is 12.1 Å². The molecule has 0 fully saturated rings. The smallest absolute Gasteiger partial charge is 0.390 e. The first-order valence-corrected chi connectivity index (χ1v) is 5.06. The van der Waals surface area contributed by atoms with Crippen LogP contribution in [0.2, 0.25) is 0 Å². The number of phenols is 1. The summed E-state index contributed by atoms with van der Waals surface area (Å²) in [5, 5.41) is 11.7. The molecule has 2 N–H and O–H groups in total. The van der Waals surface area contributed by atoms with Gasteiger partial charge in [-0.15, -0.1) is 0 Å². The van der Waals surface area contributed by atoms with E-state index >= 15 is 0 Å². The summed E-state index contributed by atoms with van der Waals surface area (Å²) in [7, 11) is 1.31. The van der Waals surface area contributed by atoms with Gasteiger partial charge >= 0.3 is 6.18 Å². The number of nitrogens with one attached hydrogen (secondary N) is 1. The van der Waals surface area contributed by atoms with E-state index in [1.807, 2.05) is 0 Å². The van der Waals surface area contributed by atoms with Crippen LogP contribution in [-0.4, -0.2) is 30.8 Å². The minimum Gasteiger partial charge on any atom is -0.504 e. The fourth-order valence-corrected chi connectivity index (χ4v) is 1.28. The maximum atomic E-state index is 11.9. The zero-order chi connectivity index (χ0) is 13.8. The summed E-state index contributed by atoms with van der Waals surface area (Å²) in [5.74, 6) is -1.10. The van der Waals surface area contributed by atoms with E-state index in [9.17, 15) is 23.1 Å². The lowest BCUT2D eigenvalue weighted by Crippen LogP contribution is -2.28. The molecule has 4 nitrogen and oxygen atoms in total. The maximum absolute atomic E-state index is 11.9. The second kappa shape index (κ2) is 5.61. The van der Waals surface area contributed by atoms with Crippen LogP contribution in [0.25, 0.3) is 0 Å². The van der Waals surface area contributed by atoms with Crippen molar-refractivity contribution in [2.45, 2.75) is 12.6 Å². The number of halogens is 3. The zero-order valence-electron chi connectivity index (χ0n) is 9.54. The van der Waals surface area contributed by atoms with E-state index in [4.69, 9.17) is 4.74 Å². The Kier molecular flexibility index (Phi) is 4.41. The maximum Gasteiger partial charge on any atom is 0.390 e. The van der Waals surface area contributed by atoms with Crippen LogP contribution in [0.1, 0.15) is 16.8 Å². The lowest BCUT2D eigenvalue weighted by molar-refractivity contribution is -0.132. The number of hydrogen-bond donors (Lipinski definition) is 2. The first-order chi connectivity index (χ1) is 8.35. The Labute approximate surface area is 101 Å². The minimum absolute atomic E-state index is 0.0819. The topological polar surface area (TPSA) is 58.6 Å². The highest BCUT2D eigenvalue weighted by molar-refractivity contribution is 5.97. The van der Waals surface area contributed by atoms with E-state index in [0.717, 1.165) is 0 Å². The van der Waals surface area contributed by atoms with Crippen LogP contribution in [-0.2, 0) is 0 Å². The van der Waals surface area contributed by atoms with E-state index in [1.165, 1.54) is 25.3 Å². The molecule has 0 heterocycles. The largest absolute Gasteiger partial charge is 0.504 e. The Morgan fingerprint density at radius 1 is 1.44 bits per heavy atom. The average molecular weight is 263 g/mol. The van der Waals surface area contributed by atoms with Gasteiger partial charge in [-0.2, -0.15) is 13.2 Å². The third kappa shape index (κ3) is 3.83. The van der Waals surface area contributed by atoms with Gasteiger partial charge in [0.05, 0.1) is 19.1 Å². The average Bonchev–Trinajstić information content (AvgIpc) is 2.27. The minimum atomic E-state index is -4.33. The van der Waals surface area contributed by atoms with Gasteiger partial charge in [0.1, 0.15) is 0 Å². The number of alkyl halides is 3. The van der Waals surface area contributed by atoms with Crippen LogP contribution in [0.3, 0.4) is 0 Å². The van der Waals surface area contributed by atoms with Gasteiger partial charge in [0.15, 0.2) is 11.5 Å². The third-order valence-electron chi connectivity index (χ3n) is 2.16. The summed E-state index contributed by atoms with van der Waals surface area (Å²) in [5.41, 5.74) is -0.128. The van der Waals surface area contributed by atoms with Crippen molar-refractivity contribution in [2.24, 2.45) is 0 Å². The van der Waals surface area contributed by atoms with Crippen LogP contribution in [0.15, 0.2) is 18.2 Å². The highest BCUT2D eigenvalue weighted by atomic mass is 19.4. The number of amides is 1. The predicted octanol–water partition coefficient (Wildman–Crippen LogP) is 2.08. The van der Waals surface area contributed by atoms with Crippen molar-refractivity contribution in [1.29, 1.82) is 0 Å². The Morgan fingerprint density at radius 3 is 2.67 bits per heavy atom. The van der Waals surface area contributed by atoms with Crippen molar-refractivity contribution < 1.29 is 27.8 Å². The highest BCUT2D eigenvalue weighted by Crippen LogP contribution is 2.29. The fourth-order valence-electron chi connectivity index (χ4n) is 1.28. The molecule has 1 amide bonds. The third-order valence-corrected chi connectivity index (χ3v) is 2.16. The summed E-state index contributed by atoms with van der Waals surface area (Å²) in [6.07, 6.45) is -5.45. The summed E-state index contributed by atoms with van der Waals surface area (Å²) in [6, 6.07) is 4.18. The molecule has 0 atom stereocenters. The molecule has 0 unspecified atom stereocenters. The van der Waals surface area contributed by atoms with Crippen molar-refractivity contribution in [2.75, 3.05) is 13.7 Å². The van der Waals surface area contributed by atoms with Crippen LogP contribution < -0.4 is 10.1 Å². The summed E-state index contributed by atoms with van der Waals surface area (Å²) >= 11 is 0. The molecule has 1 aromatic carbocycles. The molecule has 0 aliphatic rings. The van der Waals surface area contributed by atoms with Crippen LogP contribution >= 0.6 is 0 Å². The Bertz CT molecular complexity index is 432. The number of para-hydroxylation sites is 1. The van der Waals surface area contributed by atoms with E-state index in [-0.39, 0.29) is 11.3 Å². The molecule has 18 heavy (non-hydrogen) atoms. The molecule has 0 aliphatic heterocycles. The van der Waals surface area contributed by atoms with E-state index < -0.39 is 30.8 Å². The van der Waals surface area contributed by atoms with Gasteiger partial charge in [0, 0.05) is 6.54 Å². The van der Waals surface area contributed by atoms with Crippen LogP contribution in [0.4, 0.5) is 13.2 Å². The monoisotopic (exact) mass is 263 g/mol. The standard InChI is InChI=1S/C11H12F3NO3/c1-18-8-4-2-3-7(9(8)16)10(17)15-6-5-11(12,13)14/h2-4,16H,5-6H2,1H3,(H,15,17). The number of aromatic hydroxyl groups is 1. The molecule has 0 saturated carbocycles. The number of ether oxygens (including phenoxy) is 1. The molecular weight excluding hydrogens is 251 g/mol. The Balaban J connectivity index is 2.68. The number of rotatable bonds is 4. The van der Waals surface area contributed by atoms with Gasteiger partial charge in [-0.25, -0.2) is 0 Å². The number of phenolic OH excluding ortho intramolecular Hbond substituents is 1. The molecule has 1 rings (SSSR count). The molecule has 0 spiro atoms. The lowest BCUT2D eigenvalue weighted by atomic mass is 10.1. The lowest BCUT2D eigenvalue weighted by Gasteiger charge is -2.10. The number of methoxy groups -OCH3 is 1. The first kappa shape index (κ1) is 14.1. The van der Waals surface area contributed by atoms with Gasteiger partial charge in [-0.1, -0.05) is 6.07 Å². The number of carbonyl (C=O) groups is 1. The van der Waals surface area contributed by atoms with Crippen molar-refractivity contribution >= 4 is 5.91 Å². The molecule has 0 radical (unpaired) electrons. The van der Waals surface area contributed by atoms with Crippen LogP contribution in [0, 0.1) is 0 Å². The van der Waals surface area contributed by atoms with Gasteiger partial charge in [-0.3, -0.25) is 4.79 Å². The van der Waals surface area contributed by atoms with Gasteiger partial charge in [0.2, 0.25) is 0 Å². The molecular formula is C11H12F3NO3. The molecule has 1 aromatic rings. The van der Waals surface area contributed by atoms with E-state index in [2.05, 4.69) is 5.32 Å². The molecule has 100 valence electrons. The number of hydrogen-bond acceptors (Lipinski definition) is 3. The molecule has 7 heteroatoms. The summed E-state index contributed by atoms with van der Waals surface area (Å²) < 4.78 is 40.4. The quantitative estimate of drug-likeness (QED) is 0.874. The zero-order valence-corrected chi connectivity index (χ0v) is 9.54. The number of carbonyl (C=O) groups excluding carboxylic acids is 1. The first-order valence-electron chi connectivity index (χ1n) is 5.06. The Morgan fingerprint density at radius 2 is 2.11 bits per heavy atom. The van der Waals surface area contributed by atoms with E-state index in [1.54, 1.807) is 0 Å². The van der Waals surface area contributed by atoms with Crippen molar-refractivity contribution in [3.8, 4) is 11.5 Å². The summed E-state index contributed by atoms with van der Waals surface area (Å²) in [4.78, 5) is 11.5.